The summed E-state index contributed by atoms with van der Waals surface area (Å²) in [5, 5.41) is 5.25. The van der Waals surface area contributed by atoms with E-state index in [9.17, 15) is 13.6 Å². The molecule has 0 atom stereocenters. The number of hydrogen-bond donors (Lipinski definition) is 2. The van der Waals surface area contributed by atoms with Crippen LogP contribution in [0.15, 0.2) is 60.9 Å². The van der Waals surface area contributed by atoms with E-state index in [0.717, 1.165) is 5.56 Å². The van der Waals surface area contributed by atoms with E-state index in [1.165, 1.54) is 42.7 Å². The van der Waals surface area contributed by atoms with Crippen molar-refractivity contribution in [3.63, 3.8) is 0 Å². The van der Waals surface area contributed by atoms with Gasteiger partial charge in [-0.1, -0.05) is 0 Å². The molecule has 126 valence electrons. The highest BCUT2D eigenvalue weighted by molar-refractivity contribution is 5.89. The lowest BCUT2D eigenvalue weighted by atomic mass is 10.1. The van der Waals surface area contributed by atoms with Gasteiger partial charge in [-0.15, -0.1) is 0 Å². The summed E-state index contributed by atoms with van der Waals surface area (Å²) >= 11 is 0. The Morgan fingerprint density at radius 1 is 0.920 bits per heavy atom. The van der Waals surface area contributed by atoms with Gasteiger partial charge in [0.2, 0.25) is 0 Å². The zero-order chi connectivity index (χ0) is 17.6. The maximum atomic E-state index is 13.0. The van der Waals surface area contributed by atoms with Crippen LogP contribution in [0.2, 0.25) is 0 Å². The van der Waals surface area contributed by atoms with Gasteiger partial charge in [0.15, 0.2) is 0 Å². The van der Waals surface area contributed by atoms with Crippen molar-refractivity contribution in [2.45, 2.75) is 6.54 Å². The molecule has 0 aliphatic rings. The van der Waals surface area contributed by atoms with Crippen LogP contribution in [0.4, 0.5) is 19.3 Å². The summed E-state index contributed by atoms with van der Waals surface area (Å²) in [6.07, 6.45) is 1.38. The molecule has 5 nitrogen and oxygen atoms in total. The first-order chi connectivity index (χ1) is 12.1. The standard InChI is InChI=1S/C18H14F2N4O/c19-13-3-1-12(2-4-13)17-9-16(22-11-23-17)10-21-18(25)24-15-7-5-14(20)6-8-15/h1-9,11H,10H2,(H2,21,24,25). The molecule has 2 amide bonds. The zero-order valence-electron chi connectivity index (χ0n) is 13.0. The number of anilines is 1. The molecule has 0 saturated carbocycles. The summed E-state index contributed by atoms with van der Waals surface area (Å²) in [6.45, 7) is 0.184. The van der Waals surface area contributed by atoms with Gasteiger partial charge in [0.1, 0.15) is 18.0 Å². The van der Waals surface area contributed by atoms with Crippen LogP contribution >= 0.6 is 0 Å². The molecular formula is C18H14F2N4O. The number of rotatable bonds is 4. The molecule has 0 radical (unpaired) electrons. The maximum Gasteiger partial charge on any atom is 0.319 e. The van der Waals surface area contributed by atoms with Crippen molar-refractivity contribution in [1.29, 1.82) is 0 Å². The Hall–Kier alpha value is -3.35. The summed E-state index contributed by atoms with van der Waals surface area (Å²) in [5.74, 6) is -0.697. The van der Waals surface area contributed by atoms with Crippen molar-refractivity contribution in [3.05, 3.63) is 78.3 Å². The van der Waals surface area contributed by atoms with Crippen LogP contribution < -0.4 is 10.6 Å². The zero-order valence-corrected chi connectivity index (χ0v) is 13.0. The van der Waals surface area contributed by atoms with E-state index in [4.69, 9.17) is 0 Å². The normalized spacial score (nSPS) is 10.3. The third kappa shape index (κ3) is 4.57. The van der Waals surface area contributed by atoms with Crippen LogP contribution in [-0.4, -0.2) is 16.0 Å². The van der Waals surface area contributed by atoms with Gasteiger partial charge in [-0.3, -0.25) is 0 Å². The smallest absolute Gasteiger partial charge is 0.319 e. The van der Waals surface area contributed by atoms with E-state index >= 15 is 0 Å². The third-order valence-electron chi connectivity index (χ3n) is 3.40. The first kappa shape index (κ1) is 16.5. The predicted molar refractivity (Wildman–Crippen MR) is 89.7 cm³/mol. The molecular weight excluding hydrogens is 326 g/mol. The number of aromatic nitrogens is 2. The highest BCUT2D eigenvalue weighted by Crippen LogP contribution is 2.17. The molecule has 0 unspecified atom stereocenters. The number of nitrogens with one attached hydrogen (secondary N) is 2. The molecule has 25 heavy (non-hydrogen) atoms. The lowest BCUT2D eigenvalue weighted by Gasteiger charge is -2.08. The van der Waals surface area contributed by atoms with Gasteiger partial charge in [-0.2, -0.15) is 0 Å². The Labute approximate surface area is 142 Å². The second-order valence-corrected chi connectivity index (χ2v) is 5.22. The summed E-state index contributed by atoms with van der Waals surface area (Å²) in [5.41, 5.74) is 2.46. The van der Waals surface area contributed by atoms with Gasteiger partial charge in [0.05, 0.1) is 17.9 Å². The number of amides is 2. The fourth-order valence-corrected chi connectivity index (χ4v) is 2.15. The van der Waals surface area contributed by atoms with Crippen molar-refractivity contribution in [1.82, 2.24) is 15.3 Å². The highest BCUT2D eigenvalue weighted by atomic mass is 19.1. The van der Waals surface area contributed by atoms with Crippen LogP contribution in [0.25, 0.3) is 11.3 Å². The van der Waals surface area contributed by atoms with Gasteiger partial charge in [0.25, 0.3) is 0 Å². The monoisotopic (exact) mass is 340 g/mol. The molecule has 1 heterocycles. The molecule has 0 fully saturated rings. The Kier molecular flexibility index (Phi) is 4.94. The molecule has 3 rings (SSSR count). The number of benzene rings is 2. The van der Waals surface area contributed by atoms with Crippen molar-refractivity contribution in [2.24, 2.45) is 0 Å². The largest absolute Gasteiger partial charge is 0.332 e. The summed E-state index contributed by atoms with van der Waals surface area (Å²) < 4.78 is 25.8. The Morgan fingerprint density at radius 2 is 1.56 bits per heavy atom. The van der Waals surface area contributed by atoms with Gasteiger partial charge in [-0.05, 0) is 54.6 Å². The second kappa shape index (κ2) is 7.48. The summed E-state index contributed by atoms with van der Waals surface area (Å²) in [4.78, 5) is 20.1. The van der Waals surface area contributed by atoms with E-state index in [1.807, 2.05) is 0 Å². The minimum atomic E-state index is -0.437. The van der Waals surface area contributed by atoms with E-state index in [1.54, 1.807) is 18.2 Å². The molecule has 3 aromatic rings. The van der Waals surface area contributed by atoms with Crippen LogP contribution in [-0.2, 0) is 6.54 Å². The van der Waals surface area contributed by atoms with E-state index < -0.39 is 6.03 Å². The summed E-state index contributed by atoms with van der Waals surface area (Å²) in [7, 11) is 0. The molecule has 1 aromatic heterocycles. The highest BCUT2D eigenvalue weighted by Gasteiger charge is 2.05. The average Bonchev–Trinajstić information content (AvgIpc) is 2.63. The second-order valence-electron chi connectivity index (χ2n) is 5.22. The van der Waals surface area contributed by atoms with E-state index in [0.29, 0.717) is 17.1 Å². The molecule has 2 N–H and O–H groups in total. The van der Waals surface area contributed by atoms with Crippen LogP contribution in [0.3, 0.4) is 0 Å². The number of hydrogen-bond acceptors (Lipinski definition) is 3. The van der Waals surface area contributed by atoms with Gasteiger partial charge in [0, 0.05) is 11.3 Å². The third-order valence-corrected chi connectivity index (χ3v) is 3.40. The van der Waals surface area contributed by atoms with Gasteiger partial charge < -0.3 is 10.6 Å². The van der Waals surface area contributed by atoms with Crippen LogP contribution in [0.1, 0.15) is 5.69 Å². The minimum absolute atomic E-state index is 0.184. The molecule has 7 heteroatoms. The Morgan fingerprint density at radius 3 is 2.24 bits per heavy atom. The SMILES string of the molecule is O=C(NCc1cc(-c2ccc(F)cc2)ncn1)Nc1ccc(F)cc1. The fourth-order valence-electron chi connectivity index (χ4n) is 2.15. The number of halogens is 2. The molecule has 0 aliphatic carbocycles. The molecule has 0 bridgehead atoms. The number of carbonyl (C=O) groups excluding carboxylic acids is 1. The number of nitrogens with zero attached hydrogens (tertiary/aromatic N) is 2. The predicted octanol–water partition coefficient (Wildman–Crippen LogP) is 3.74. The van der Waals surface area contributed by atoms with Crippen molar-refractivity contribution in [3.8, 4) is 11.3 Å². The molecule has 0 spiro atoms. The first-order valence-corrected chi connectivity index (χ1v) is 7.47. The van der Waals surface area contributed by atoms with Crippen molar-refractivity contribution in [2.75, 3.05) is 5.32 Å². The fraction of sp³-hybridized carbons (Fsp3) is 0.0556. The molecule has 0 saturated heterocycles. The Bertz CT molecular complexity index is 867. The van der Waals surface area contributed by atoms with Crippen molar-refractivity contribution < 1.29 is 13.6 Å². The lowest BCUT2D eigenvalue weighted by molar-refractivity contribution is 0.251. The number of urea groups is 1. The average molecular weight is 340 g/mol. The van der Waals surface area contributed by atoms with Crippen molar-refractivity contribution >= 4 is 11.7 Å². The van der Waals surface area contributed by atoms with Gasteiger partial charge in [-0.25, -0.2) is 23.5 Å². The molecule has 2 aromatic carbocycles. The first-order valence-electron chi connectivity index (χ1n) is 7.47. The lowest BCUT2D eigenvalue weighted by Crippen LogP contribution is -2.28. The van der Waals surface area contributed by atoms with Crippen LogP contribution in [0.5, 0.6) is 0 Å². The maximum absolute atomic E-state index is 13.0. The summed E-state index contributed by atoms with van der Waals surface area (Å²) in [6, 6.07) is 12.7. The quantitative estimate of drug-likeness (QED) is 0.760. The Balaban J connectivity index is 1.61. The van der Waals surface area contributed by atoms with Gasteiger partial charge >= 0.3 is 6.03 Å². The topological polar surface area (TPSA) is 66.9 Å². The number of carbonyl (C=O) groups is 1. The van der Waals surface area contributed by atoms with E-state index in [2.05, 4.69) is 20.6 Å². The minimum Gasteiger partial charge on any atom is -0.332 e. The van der Waals surface area contributed by atoms with E-state index in [-0.39, 0.29) is 18.2 Å². The molecule has 0 aliphatic heterocycles. The van der Waals surface area contributed by atoms with Crippen LogP contribution in [0, 0.1) is 11.6 Å².